The van der Waals surface area contributed by atoms with E-state index in [1.807, 2.05) is 16.3 Å². The minimum absolute atomic E-state index is 0.00728. The second-order valence-electron chi connectivity index (χ2n) is 8.88. The van der Waals surface area contributed by atoms with E-state index in [4.69, 9.17) is 0 Å². The topological polar surface area (TPSA) is 54.3 Å². The summed E-state index contributed by atoms with van der Waals surface area (Å²) in [5.74, 6) is 1.00. The Balaban J connectivity index is 1.61. The van der Waals surface area contributed by atoms with Crippen LogP contribution >= 0.6 is 11.3 Å². The van der Waals surface area contributed by atoms with Crippen molar-refractivity contribution in [2.45, 2.75) is 71.5 Å². The summed E-state index contributed by atoms with van der Waals surface area (Å²) in [6.45, 7) is 7.73. The zero-order valence-electron chi connectivity index (χ0n) is 17.1. The summed E-state index contributed by atoms with van der Waals surface area (Å²) in [6, 6.07) is 3.85. The molecule has 1 N–H and O–H groups in total. The lowest BCUT2D eigenvalue weighted by Crippen LogP contribution is -2.57. The monoisotopic (exact) mass is 401 g/mol. The van der Waals surface area contributed by atoms with Gasteiger partial charge in [-0.25, -0.2) is 0 Å². The van der Waals surface area contributed by atoms with E-state index in [9.17, 15) is 9.59 Å². The Hall–Kier alpha value is -1.82. The van der Waals surface area contributed by atoms with Crippen LogP contribution in [-0.4, -0.2) is 39.9 Å². The molecule has 0 bridgehead atoms. The van der Waals surface area contributed by atoms with Crippen LogP contribution in [0.15, 0.2) is 17.5 Å². The fraction of sp³-hybridized carbons (Fsp3) is 0.636. The number of hydrogen-bond acceptors (Lipinski definition) is 3. The highest BCUT2D eigenvalue weighted by Gasteiger charge is 2.38. The highest BCUT2D eigenvalue weighted by atomic mass is 32.1. The lowest BCUT2D eigenvalue weighted by atomic mass is 9.86. The summed E-state index contributed by atoms with van der Waals surface area (Å²) in [5.41, 5.74) is 1.79. The van der Waals surface area contributed by atoms with Crippen LogP contribution in [0, 0.1) is 11.8 Å². The molecule has 3 unspecified atom stereocenters. The average molecular weight is 402 g/mol. The predicted molar refractivity (Wildman–Crippen MR) is 114 cm³/mol. The normalized spacial score (nSPS) is 25.4. The van der Waals surface area contributed by atoms with Crippen molar-refractivity contribution < 1.29 is 9.59 Å². The van der Waals surface area contributed by atoms with Gasteiger partial charge in [-0.15, -0.1) is 11.3 Å². The third-order valence-corrected chi connectivity index (χ3v) is 7.28. The van der Waals surface area contributed by atoms with Crippen molar-refractivity contribution in [3.05, 3.63) is 23.2 Å². The highest BCUT2D eigenvalue weighted by Crippen LogP contribution is 2.31. The van der Waals surface area contributed by atoms with E-state index in [1.54, 1.807) is 11.3 Å². The van der Waals surface area contributed by atoms with Crippen molar-refractivity contribution in [3.8, 4) is 0 Å². The van der Waals surface area contributed by atoms with Gasteiger partial charge in [-0.2, -0.15) is 0 Å². The first-order valence-electron chi connectivity index (χ1n) is 10.6. The Morgan fingerprint density at radius 2 is 2.11 bits per heavy atom. The molecule has 4 rings (SSSR count). The molecule has 0 spiro atoms. The van der Waals surface area contributed by atoms with Crippen molar-refractivity contribution >= 4 is 33.4 Å². The Kier molecular flexibility index (Phi) is 5.50. The van der Waals surface area contributed by atoms with Crippen LogP contribution in [0.25, 0.3) is 10.2 Å². The molecule has 1 aliphatic heterocycles. The van der Waals surface area contributed by atoms with Crippen LogP contribution < -0.4 is 5.32 Å². The number of amides is 2. The summed E-state index contributed by atoms with van der Waals surface area (Å²) < 4.78 is 3.17. The summed E-state index contributed by atoms with van der Waals surface area (Å²) in [4.78, 5) is 28.4. The van der Waals surface area contributed by atoms with Crippen LogP contribution in [0.1, 0.15) is 63.4 Å². The SMILES string of the molecule is CC(C)CCN1C(=O)c2cc3sccc3n2CC1C(=O)NC1CCCCC1C. The van der Waals surface area contributed by atoms with Crippen molar-refractivity contribution in [3.63, 3.8) is 0 Å². The first-order chi connectivity index (χ1) is 13.5. The van der Waals surface area contributed by atoms with Gasteiger partial charge in [0.25, 0.3) is 5.91 Å². The molecule has 5 nitrogen and oxygen atoms in total. The van der Waals surface area contributed by atoms with Gasteiger partial charge in [-0.3, -0.25) is 9.59 Å². The molecule has 0 radical (unpaired) electrons. The van der Waals surface area contributed by atoms with E-state index >= 15 is 0 Å². The van der Waals surface area contributed by atoms with Crippen molar-refractivity contribution in [2.75, 3.05) is 6.54 Å². The highest BCUT2D eigenvalue weighted by molar-refractivity contribution is 7.17. The van der Waals surface area contributed by atoms with Crippen LogP contribution in [0.2, 0.25) is 0 Å². The molecule has 0 aromatic carbocycles. The van der Waals surface area contributed by atoms with E-state index in [2.05, 4.69) is 36.7 Å². The fourth-order valence-electron chi connectivity index (χ4n) is 4.60. The van der Waals surface area contributed by atoms with Crippen molar-refractivity contribution in [1.29, 1.82) is 0 Å². The Morgan fingerprint density at radius 1 is 1.32 bits per heavy atom. The van der Waals surface area contributed by atoms with Crippen molar-refractivity contribution in [2.24, 2.45) is 11.8 Å². The molecule has 1 saturated carbocycles. The number of nitrogens with zero attached hydrogens (tertiary/aromatic N) is 2. The van der Waals surface area contributed by atoms with Gasteiger partial charge in [0.15, 0.2) is 0 Å². The number of rotatable bonds is 5. The smallest absolute Gasteiger partial charge is 0.271 e. The van der Waals surface area contributed by atoms with Gasteiger partial charge in [0, 0.05) is 12.6 Å². The predicted octanol–water partition coefficient (Wildman–Crippen LogP) is 4.27. The van der Waals surface area contributed by atoms with Gasteiger partial charge in [0.05, 0.1) is 16.8 Å². The van der Waals surface area contributed by atoms with E-state index in [1.165, 1.54) is 19.3 Å². The van der Waals surface area contributed by atoms with Crippen LogP contribution in [0.4, 0.5) is 0 Å². The van der Waals surface area contributed by atoms with Gasteiger partial charge in [-0.1, -0.05) is 33.6 Å². The largest absolute Gasteiger partial charge is 0.351 e. The molecule has 2 amide bonds. The number of carbonyl (C=O) groups excluding carboxylic acids is 2. The van der Waals surface area contributed by atoms with Gasteiger partial charge >= 0.3 is 0 Å². The first kappa shape index (κ1) is 19.5. The molecule has 1 aliphatic carbocycles. The lowest BCUT2D eigenvalue weighted by Gasteiger charge is -2.38. The quantitative estimate of drug-likeness (QED) is 0.813. The number of hydrogen-bond donors (Lipinski definition) is 1. The Morgan fingerprint density at radius 3 is 2.86 bits per heavy atom. The van der Waals surface area contributed by atoms with E-state index in [-0.39, 0.29) is 17.9 Å². The second kappa shape index (κ2) is 7.90. The maximum Gasteiger partial charge on any atom is 0.271 e. The number of thiophene rings is 1. The first-order valence-corrected chi connectivity index (χ1v) is 11.5. The summed E-state index contributed by atoms with van der Waals surface area (Å²) >= 11 is 1.65. The summed E-state index contributed by atoms with van der Waals surface area (Å²) in [6.07, 6.45) is 5.54. The Bertz CT molecular complexity index is 868. The summed E-state index contributed by atoms with van der Waals surface area (Å²) in [7, 11) is 0. The maximum atomic E-state index is 13.3. The summed E-state index contributed by atoms with van der Waals surface area (Å²) in [5, 5.41) is 5.35. The van der Waals surface area contributed by atoms with Crippen molar-refractivity contribution in [1.82, 2.24) is 14.8 Å². The molecule has 3 atom stereocenters. The van der Waals surface area contributed by atoms with E-state index < -0.39 is 6.04 Å². The molecule has 2 aromatic heterocycles. The zero-order chi connectivity index (χ0) is 19.8. The average Bonchev–Trinajstić information content (AvgIpc) is 3.24. The number of aromatic nitrogens is 1. The minimum Gasteiger partial charge on any atom is -0.351 e. The number of fused-ring (bicyclic) bond motifs is 3. The number of nitrogens with one attached hydrogen (secondary N) is 1. The fourth-order valence-corrected chi connectivity index (χ4v) is 5.42. The molecule has 0 saturated heterocycles. The van der Waals surface area contributed by atoms with Crippen LogP contribution in [0.5, 0.6) is 0 Å². The third kappa shape index (κ3) is 3.59. The van der Waals surface area contributed by atoms with Gasteiger partial charge < -0.3 is 14.8 Å². The molecule has 6 heteroatoms. The lowest BCUT2D eigenvalue weighted by molar-refractivity contribution is -0.127. The number of carbonyl (C=O) groups is 2. The molecule has 2 aliphatic rings. The molecule has 28 heavy (non-hydrogen) atoms. The second-order valence-corrected chi connectivity index (χ2v) is 9.83. The van der Waals surface area contributed by atoms with E-state index in [0.29, 0.717) is 24.9 Å². The molecule has 2 aromatic rings. The molecule has 1 fully saturated rings. The Labute approximate surface area is 171 Å². The van der Waals surface area contributed by atoms with E-state index in [0.717, 1.165) is 28.8 Å². The van der Waals surface area contributed by atoms with Gasteiger partial charge in [0.2, 0.25) is 5.91 Å². The maximum absolute atomic E-state index is 13.3. The molecular formula is C22H31N3O2S. The standard InChI is InChI=1S/C22H31N3O2S/c1-14(2)8-10-24-19(21(26)23-16-7-5-4-6-15(16)3)13-25-17-9-11-28-20(17)12-18(25)22(24)27/h9,11-12,14-16,19H,4-8,10,13H2,1-3H3,(H,23,26). The van der Waals surface area contributed by atoms with Gasteiger partial charge in [0.1, 0.15) is 11.7 Å². The molecule has 3 heterocycles. The molecular weight excluding hydrogens is 370 g/mol. The van der Waals surface area contributed by atoms with Crippen LogP contribution in [-0.2, 0) is 11.3 Å². The molecule has 152 valence electrons. The minimum atomic E-state index is -0.427. The van der Waals surface area contributed by atoms with Gasteiger partial charge in [-0.05, 0) is 48.6 Å². The van der Waals surface area contributed by atoms with Crippen LogP contribution in [0.3, 0.4) is 0 Å². The zero-order valence-corrected chi connectivity index (χ0v) is 17.9. The third-order valence-electron chi connectivity index (χ3n) is 6.42.